The molecule has 0 aliphatic heterocycles. The van der Waals surface area contributed by atoms with Crippen LogP contribution < -0.4 is 21.3 Å². The van der Waals surface area contributed by atoms with Crippen molar-refractivity contribution < 1.29 is 9.59 Å². The molecular weight excluding hydrogens is 290 g/mol. The van der Waals surface area contributed by atoms with Crippen LogP contribution in [0.1, 0.15) is 37.4 Å². The third-order valence-electron chi connectivity index (χ3n) is 2.47. The van der Waals surface area contributed by atoms with Gasteiger partial charge in [0, 0.05) is 19.6 Å². The standard InChI is InChI=1S/C13H23N5O2S/c1-7(10(19)17-13(2,3)4)15-11(20)8-9(14)16-12(21-8)18(5)6/h7H,14H2,1-6H3,(H,15,20)(H,17,19). The van der Waals surface area contributed by atoms with Crippen LogP contribution in [0.2, 0.25) is 0 Å². The van der Waals surface area contributed by atoms with Gasteiger partial charge in [-0.1, -0.05) is 11.3 Å². The van der Waals surface area contributed by atoms with Crippen LogP contribution in [0.3, 0.4) is 0 Å². The fourth-order valence-electron chi connectivity index (χ4n) is 1.48. The molecule has 0 spiro atoms. The highest BCUT2D eigenvalue weighted by Gasteiger charge is 2.23. The molecule has 21 heavy (non-hydrogen) atoms. The fourth-order valence-corrected chi connectivity index (χ4v) is 2.29. The smallest absolute Gasteiger partial charge is 0.265 e. The molecule has 0 saturated carbocycles. The number of amides is 2. The molecule has 0 bridgehead atoms. The number of anilines is 2. The van der Waals surface area contributed by atoms with Gasteiger partial charge in [0.25, 0.3) is 5.91 Å². The number of aromatic nitrogens is 1. The van der Waals surface area contributed by atoms with Gasteiger partial charge in [-0.3, -0.25) is 9.59 Å². The molecule has 0 radical (unpaired) electrons. The molecule has 0 aromatic carbocycles. The molecular formula is C13H23N5O2S. The van der Waals surface area contributed by atoms with E-state index in [2.05, 4.69) is 15.6 Å². The van der Waals surface area contributed by atoms with Crippen LogP contribution in [0.25, 0.3) is 0 Å². The zero-order valence-corrected chi connectivity index (χ0v) is 14.1. The molecule has 0 fully saturated rings. The van der Waals surface area contributed by atoms with E-state index in [9.17, 15) is 9.59 Å². The monoisotopic (exact) mass is 313 g/mol. The molecule has 1 aromatic rings. The molecule has 0 aliphatic rings. The normalized spacial score (nSPS) is 12.7. The average molecular weight is 313 g/mol. The highest BCUT2D eigenvalue weighted by Crippen LogP contribution is 2.26. The van der Waals surface area contributed by atoms with Crippen molar-refractivity contribution >= 4 is 34.1 Å². The number of nitrogens with zero attached hydrogens (tertiary/aromatic N) is 2. The first-order valence-electron chi connectivity index (χ1n) is 6.58. The molecule has 1 heterocycles. The van der Waals surface area contributed by atoms with E-state index in [1.807, 2.05) is 34.9 Å². The SMILES string of the molecule is CC(NC(=O)c1sc(N(C)C)nc1N)C(=O)NC(C)(C)C. The van der Waals surface area contributed by atoms with E-state index in [0.717, 1.165) is 0 Å². The van der Waals surface area contributed by atoms with Gasteiger partial charge in [0.2, 0.25) is 5.91 Å². The summed E-state index contributed by atoms with van der Waals surface area (Å²) in [6.45, 7) is 7.26. The van der Waals surface area contributed by atoms with Crippen molar-refractivity contribution in [2.45, 2.75) is 39.3 Å². The molecule has 7 nitrogen and oxygen atoms in total. The number of carbonyl (C=O) groups excluding carboxylic acids is 2. The van der Waals surface area contributed by atoms with E-state index in [1.54, 1.807) is 11.8 Å². The molecule has 0 saturated heterocycles. The highest BCUT2D eigenvalue weighted by atomic mass is 32.1. The molecule has 1 rings (SSSR count). The third-order valence-corrected chi connectivity index (χ3v) is 3.71. The number of nitrogens with two attached hydrogens (primary N) is 1. The Hall–Kier alpha value is -1.83. The maximum Gasteiger partial charge on any atom is 0.265 e. The average Bonchev–Trinajstić information content (AvgIpc) is 2.69. The molecule has 1 atom stereocenters. The summed E-state index contributed by atoms with van der Waals surface area (Å²) in [6.07, 6.45) is 0. The lowest BCUT2D eigenvalue weighted by molar-refractivity contribution is -0.124. The van der Waals surface area contributed by atoms with Gasteiger partial charge in [0.05, 0.1) is 0 Å². The zero-order chi connectivity index (χ0) is 16.4. The van der Waals surface area contributed by atoms with Crippen LogP contribution in [0, 0.1) is 0 Å². The van der Waals surface area contributed by atoms with Crippen molar-refractivity contribution in [1.29, 1.82) is 0 Å². The Morgan fingerprint density at radius 3 is 2.33 bits per heavy atom. The van der Waals surface area contributed by atoms with E-state index in [4.69, 9.17) is 5.73 Å². The zero-order valence-electron chi connectivity index (χ0n) is 13.3. The molecule has 2 amide bonds. The van der Waals surface area contributed by atoms with Crippen LogP contribution >= 0.6 is 11.3 Å². The highest BCUT2D eigenvalue weighted by molar-refractivity contribution is 7.18. The van der Waals surface area contributed by atoms with Crippen LogP contribution in [-0.2, 0) is 4.79 Å². The van der Waals surface area contributed by atoms with Gasteiger partial charge in [-0.15, -0.1) is 0 Å². The summed E-state index contributed by atoms with van der Waals surface area (Å²) in [5.74, 6) is -0.467. The Balaban J connectivity index is 2.75. The third kappa shape index (κ3) is 4.89. The van der Waals surface area contributed by atoms with E-state index in [0.29, 0.717) is 10.0 Å². The largest absolute Gasteiger partial charge is 0.382 e. The van der Waals surface area contributed by atoms with Crippen molar-refractivity contribution in [3.63, 3.8) is 0 Å². The van der Waals surface area contributed by atoms with Gasteiger partial charge >= 0.3 is 0 Å². The summed E-state index contributed by atoms with van der Waals surface area (Å²) in [5, 5.41) is 6.08. The Morgan fingerprint density at radius 2 is 1.90 bits per heavy atom. The maximum atomic E-state index is 12.2. The lowest BCUT2D eigenvalue weighted by Gasteiger charge is -2.23. The van der Waals surface area contributed by atoms with Gasteiger partial charge in [0.1, 0.15) is 16.7 Å². The quantitative estimate of drug-likeness (QED) is 0.764. The molecule has 1 unspecified atom stereocenters. The summed E-state index contributed by atoms with van der Waals surface area (Å²) < 4.78 is 0. The first kappa shape index (κ1) is 17.2. The number of nitrogen functional groups attached to an aromatic ring is 1. The van der Waals surface area contributed by atoms with Crippen LogP contribution in [0.4, 0.5) is 10.9 Å². The number of thiazole rings is 1. The fraction of sp³-hybridized carbons (Fsp3) is 0.615. The maximum absolute atomic E-state index is 12.2. The number of hydrogen-bond acceptors (Lipinski definition) is 6. The van der Waals surface area contributed by atoms with E-state index >= 15 is 0 Å². The van der Waals surface area contributed by atoms with Crippen molar-refractivity contribution in [2.75, 3.05) is 24.7 Å². The Morgan fingerprint density at radius 1 is 1.33 bits per heavy atom. The minimum absolute atomic E-state index is 0.171. The Kier molecular flexibility index (Phi) is 5.16. The Labute approximate surface area is 128 Å². The van der Waals surface area contributed by atoms with Gasteiger partial charge in [-0.25, -0.2) is 4.98 Å². The summed E-state index contributed by atoms with van der Waals surface area (Å²) >= 11 is 1.19. The number of rotatable bonds is 4. The van der Waals surface area contributed by atoms with E-state index in [1.165, 1.54) is 11.3 Å². The van der Waals surface area contributed by atoms with E-state index < -0.39 is 11.9 Å². The van der Waals surface area contributed by atoms with Crippen molar-refractivity contribution in [1.82, 2.24) is 15.6 Å². The summed E-state index contributed by atoms with van der Waals surface area (Å²) in [5.41, 5.74) is 5.40. The first-order valence-corrected chi connectivity index (χ1v) is 7.39. The predicted molar refractivity (Wildman–Crippen MR) is 85.7 cm³/mol. The summed E-state index contributed by atoms with van der Waals surface area (Å²) in [6, 6.07) is -0.652. The van der Waals surface area contributed by atoms with Crippen LogP contribution in [-0.4, -0.2) is 42.5 Å². The van der Waals surface area contributed by atoms with Crippen LogP contribution in [0.5, 0.6) is 0 Å². The minimum atomic E-state index is -0.652. The lowest BCUT2D eigenvalue weighted by atomic mass is 10.1. The number of carbonyl (C=O) groups is 2. The first-order chi connectivity index (χ1) is 9.51. The molecule has 118 valence electrons. The topological polar surface area (TPSA) is 100 Å². The second kappa shape index (κ2) is 6.30. The second-order valence-electron chi connectivity index (χ2n) is 6.04. The van der Waals surface area contributed by atoms with Crippen LogP contribution in [0.15, 0.2) is 0 Å². The minimum Gasteiger partial charge on any atom is -0.382 e. The van der Waals surface area contributed by atoms with Gasteiger partial charge in [-0.05, 0) is 27.7 Å². The molecule has 0 aliphatic carbocycles. The van der Waals surface area contributed by atoms with Crippen molar-refractivity contribution in [3.8, 4) is 0 Å². The van der Waals surface area contributed by atoms with Crippen molar-refractivity contribution in [2.24, 2.45) is 0 Å². The predicted octanol–water partition coefficient (Wildman–Crippen LogP) is 0.824. The Bertz CT molecular complexity index is 533. The lowest BCUT2D eigenvalue weighted by Crippen LogP contribution is -2.50. The number of nitrogens with one attached hydrogen (secondary N) is 2. The molecule has 4 N–H and O–H groups in total. The second-order valence-corrected chi connectivity index (χ2v) is 7.02. The summed E-state index contributed by atoms with van der Waals surface area (Å²) in [4.78, 5) is 30.3. The van der Waals surface area contributed by atoms with Gasteiger partial charge < -0.3 is 21.3 Å². The number of hydrogen-bond donors (Lipinski definition) is 3. The van der Waals surface area contributed by atoms with Crippen molar-refractivity contribution in [3.05, 3.63) is 4.88 Å². The van der Waals surface area contributed by atoms with Gasteiger partial charge in [-0.2, -0.15) is 0 Å². The molecule has 1 aromatic heterocycles. The van der Waals surface area contributed by atoms with Gasteiger partial charge in [0.15, 0.2) is 5.13 Å². The summed E-state index contributed by atoms with van der Waals surface area (Å²) in [7, 11) is 3.64. The molecule has 8 heteroatoms. The van der Waals surface area contributed by atoms with E-state index in [-0.39, 0.29) is 17.3 Å².